The summed E-state index contributed by atoms with van der Waals surface area (Å²) in [6.07, 6.45) is 0.394. The van der Waals surface area contributed by atoms with Gasteiger partial charge in [0, 0.05) is 38.5 Å². The number of anilines is 1. The molecule has 1 amide bonds. The molecule has 0 bridgehead atoms. The van der Waals surface area contributed by atoms with Crippen LogP contribution in [0.2, 0.25) is 0 Å². The molecule has 0 spiro atoms. The molecule has 5 nitrogen and oxygen atoms in total. The molecule has 1 saturated heterocycles. The number of fused-ring (bicyclic) bond motifs is 1. The Kier molecular flexibility index (Phi) is 7.75. The van der Waals surface area contributed by atoms with E-state index in [-0.39, 0.29) is 11.8 Å². The zero-order chi connectivity index (χ0) is 24.9. The van der Waals surface area contributed by atoms with Crippen LogP contribution in [0.3, 0.4) is 0 Å². The fourth-order valence-electron chi connectivity index (χ4n) is 4.81. The van der Waals surface area contributed by atoms with Crippen molar-refractivity contribution in [1.82, 2.24) is 9.88 Å². The highest BCUT2D eigenvalue weighted by atomic mass is 32.1. The molecule has 3 aromatic carbocycles. The van der Waals surface area contributed by atoms with Crippen molar-refractivity contribution in [3.63, 3.8) is 0 Å². The highest BCUT2D eigenvalue weighted by molar-refractivity contribution is 7.22. The smallest absolute Gasteiger partial charge is 0.229 e. The summed E-state index contributed by atoms with van der Waals surface area (Å²) in [5, 5.41) is 0.789. The van der Waals surface area contributed by atoms with E-state index in [0.717, 1.165) is 59.3 Å². The van der Waals surface area contributed by atoms with Gasteiger partial charge in [0.15, 0.2) is 5.13 Å². The molecule has 0 atom stereocenters. The van der Waals surface area contributed by atoms with Gasteiger partial charge in [-0.25, -0.2) is 4.98 Å². The summed E-state index contributed by atoms with van der Waals surface area (Å²) >= 11 is 1.61. The lowest BCUT2D eigenvalue weighted by Crippen LogP contribution is -2.43. The number of hydrogen-bond donors (Lipinski definition) is 0. The number of rotatable bonds is 8. The highest BCUT2D eigenvalue weighted by Crippen LogP contribution is 2.34. The van der Waals surface area contributed by atoms with Gasteiger partial charge in [0.25, 0.3) is 0 Å². The first-order valence-corrected chi connectivity index (χ1v) is 13.5. The largest absolute Gasteiger partial charge is 0.379 e. The molecule has 0 unspecified atom stereocenters. The third kappa shape index (κ3) is 5.51. The van der Waals surface area contributed by atoms with E-state index in [9.17, 15) is 4.79 Å². The quantitative estimate of drug-likeness (QED) is 0.307. The Balaban J connectivity index is 1.46. The van der Waals surface area contributed by atoms with Gasteiger partial charge in [-0.15, -0.1) is 0 Å². The maximum Gasteiger partial charge on any atom is 0.229 e. The summed E-state index contributed by atoms with van der Waals surface area (Å²) in [5.41, 5.74) is 5.71. The van der Waals surface area contributed by atoms with Crippen molar-refractivity contribution in [3.8, 4) is 0 Å². The van der Waals surface area contributed by atoms with Crippen LogP contribution in [0.5, 0.6) is 0 Å². The van der Waals surface area contributed by atoms with E-state index < -0.39 is 0 Å². The molecule has 1 aromatic heterocycles. The van der Waals surface area contributed by atoms with Gasteiger partial charge in [-0.05, 0) is 42.2 Å². The summed E-state index contributed by atoms with van der Waals surface area (Å²) in [4.78, 5) is 23.3. The molecular weight excluding hydrogens is 466 g/mol. The van der Waals surface area contributed by atoms with E-state index in [1.54, 1.807) is 11.3 Å². The van der Waals surface area contributed by atoms with E-state index in [4.69, 9.17) is 9.72 Å². The Bertz CT molecular complexity index is 1260. The van der Waals surface area contributed by atoms with Crippen molar-refractivity contribution in [2.45, 2.75) is 26.2 Å². The average molecular weight is 500 g/mol. The maximum atomic E-state index is 14.1. The summed E-state index contributed by atoms with van der Waals surface area (Å²) in [7, 11) is 0. The molecule has 0 N–H and O–H groups in total. The third-order valence-corrected chi connectivity index (χ3v) is 8.18. The van der Waals surface area contributed by atoms with Crippen LogP contribution in [-0.2, 0) is 9.53 Å². The standard InChI is InChI=1S/C30H33N3O2S/c1-22-13-14-27-29(23(22)2)31-30(36-27)33(16-15-32-17-19-35-20-18-32)28(34)21-26(24-9-5-3-6-10-24)25-11-7-4-8-12-25/h3-14,26H,15-21H2,1-2H3. The van der Waals surface area contributed by atoms with Crippen LogP contribution >= 0.6 is 11.3 Å². The number of carbonyl (C=O) groups excluding carboxylic acids is 1. The number of ether oxygens (including phenoxy) is 1. The lowest BCUT2D eigenvalue weighted by molar-refractivity contribution is -0.118. The first-order chi connectivity index (χ1) is 17.6. The van der Waals surface area contributed by atoms with Crippen molar-refractivity contribution in [2.75, 3.05) is 44.3 Å². The Morgan fingerprint density at radius 1 is 0.972 bits per heavy atom. The number of hydrogen-bond acceptors (Lipinski definition) is 5. The molecule has 0 radical (unpaired) electrons. The molecule has 0 saturated carbocycles. The Hall–Kier alpha value is -3.06. The number of morpholine rings is 1. The number of aromatic nitrogens is 1. The minimum Gasteiger partial charge on any atom is -0.379 e. The summed E-state index contributed by atoms with van der Waals surface area (Å²) in [5.74, 6) is 0.0959. The molecule has 1 fully saturated rings. The Morgan fingerprint density at radius 3 is 2.25 bits per heavy atom. The molecule has 4 aromatic rings. The van der Waals surface area contributed by atoms with Crippen molar-refractivity contribution in [2.24, 2.45) is 0 Å². The van der Waals surface area contributed by atoms with Crippen LogP contribution in [0.4, 0.5) is 5.13 Å². The first-order valence-electron chi connectivity index (χ1n) is 12.7. The molecule has 6 heteroatoms. The maximum absolute atomic E-state index is 14.1. The molecule has 186 valence electrons. The number of benzene rings is 3. The second-order valence-electron chi connectivity index (χ2n) is 9.43. The van der Waals surface area contributed by atoms with Gasteiger partial charge >= 0.3 is 0 Å². The van der Waals surface area contributed by atoms with E-state index >= 15 is 0 Å². The van der Waals surface area contributed by atoms with E-state index in [1.807, 2.05) is 41.3 Å². The van der Waals surface area contributed by atoms with Gasteiger partial charge in [0.1, 0.15) is 0 Å². The average Bonchev–Trinajstić information content (AvgIpc) is 3.36. The predicted molar refractivity (Wildman–Crippen MR) is 148 cm³/mol. The summed E-state index contributed by atoms with van der Waals surface area (Å²) in [6.45, 7) is 8.95. The fourth-order valence-corrected chi connectivity index (χ4v) is 5.88. The summed E-state index contributed by atoms with van der Waals surface area (Å²) in [6, 6.07) is 25.0. The lowest BCUT2D eigenvalue weighted by atomic mass is 9.88. The van der Waals surface area contributed by atoms with Gasteiger partial charge in [0.2, 0.25) is 5.91 Å². The van der Waals surface area contributed by atoms with E-state index in [2.05, 4.69) is 55.1 Å². The van der Waals surface area contributed by atoms with Crippen LogP contribution in [0.25, 0.3) is 10.2 Å². The van der Waals surface area contributed by atoms with Crippen molar-refractivity contribution in [1.29, 1.82) is 0 Å². The van der Waals surface area contributed by atoms with E-state index in [1.165, 1.54) is 11.1 Å². The number of carbonyl (C=O) groups is 1. The number of thiazole rings is 1. The summed E-state index contributed by atoms with van der Waals surface area (Å²) < 4.78 is 6.65. The van der Waals surface area contributed by atoms with Crippen LogP contribution in [0, 0.1) is 13.8 Å². The molecule has 5 rings (SSSR count). The number of amides is 1. The van der Waals surface area contributed by atoms with Crippen molar-refractivity contribution in [3.05, 3.63) is 95.1 Å². The Labute approximate surface area is 217 Å². The van der Waals surface area contributed by atoms with Crippen LogP contribution in [0.15, 0.2) is 72.8 Å². The highest BCUT2D eigenvalue weighted by Gasteiger charge is 2.26. The van der Waals surface area contributed by atoms with Gasteiger partial charge in [-0.1, -0.05) is 78.1 Å². The minimum atomic E-state index is -0.0101. The first kappa shape index (κ1) is 24.6. The number of nitrogens with zero attached hydrogens (tertiary/aromatic N) is 3. The lowest BCUT2D eigenvalue weighted by Gasteiger charge is -2.30. The number of aryl methyl sites for hydroxylation is 2. The molecule has 36 heavy (non-hydrogen) atoms. The normalized spacial score (nSPS) is 14.4. The second-order valence-corrected chi connectivity index (χ2v) is 10.4. The SMILES string of the molecule is Cc1ccc2sc(N(CCN3CCOCC3)C(=O)CC(c3ccccc3)c3ccccc3)nc2c1C. The van der Waals surface area contributed by atoms with Crippen LogP contribution in [-0.4, -0.2) is 55.2 Å². The zero-order valence-electron chi connectivity index (χ0n) is 21.0. The molecule has 0 aliphatic carbocycles. The van der Waals surface area contributed by atoms with Gasteiger partial charge in [0.05, 0.1) is 23.4 Å². The fraction of sp³-hybridized carbons (Fsp3) is 0.333. The van der Waals surface area contributed by atoms with Gasteiger partial charge in [-0.2, -0.15) is 0 Å². The third-order valence-electron chi connectivity index (χ3n) is 7.13. The topological polar surface area (TPSA) is 45.7 Å². The zero-order valence-corrected chi connectivity index (χ0v) is 21.8. The molecule has 1 aliphatic rings. The Morgan fingerprint density at radius 2 is 1.61 bits per heavy atom. The van der Waals surface area contributed by atoms with Crippen LogP contribution < -0.4 is 4.90 Å². The second kappa shape index (κ2) is 11.3. The predicted octanol–water partition coefficient (Wildman–Crippen LogP) is 5.80. The van der Waals surface area contributed by atoms with Crippen molar-refractivity contribution < 1.29 is 9.53 Å². The molecule has 1 aliphatic heterocycles. The van der Waals surface area contributed by atoms with Crippen molar-refractivity contribution >= 4 is 32.6 Å². The monoisotopic (exact) mass is 499 g/mol. The van der Waals surface area contributed by atoms with Gasteiger partial charge in [-0.3, -0.25) is 14.6 Å². The molecule has 2 heterocycles. The van der Waals surface area contributed by atoms with Gasteiger partial charge < -0.3 is 4.74 Å². The molecular formula is C30H33N3O2S. The van der Waals surface area contributed by atoms with Crippen LogP contribution in [0.1, 0.15) is 34.6 Å². The minimum absolute atomic E-state index is 0.0101. The van der Waals surface area contributed by atoms with E-state index in [0.29, 0.717) is 13.0 Å².